The quantitative estimate of drug-likeness (QED) is 0.172. The van der Waals surface area contributed by atoms with E-state index in [-0.39, 0.29) is 29.9 Å². The normalized spacial score (nSPS) is 31.4. The van der Waals surface area contributed by atoms with Crippen molar-refractivity contribution in [3.63, 3.8) is 0 Å². The lowest BCUT2D eigenvalue weighted by Crippen LogP contribution is -2.60. The number of rotatable bonds is 12. The molecule has 3 aliphatic rings. The van der Waals surface area contributed by atoms with Gasteiger partial charge in [0.25, 0.3) is 0 Å². The first-order valence-electron chi connectivity index (χ1n) is 12.5. The molecule has 0 aromatic carbocycles. The number of aliphatic hydroxyl groups is 1. The number of unbranched alkanes of at least 4 members (excludes halogenated alkanes) is 2. The molecule has 1 N–H and O–H groups in total. The monoisotopic (exact) mass is 554 g/mol. The molecule has 2 bridgehead atoms. The van der Waals surface area contributed by atoms with Gasteiger partial charge in [-0.15, -0.1) is 13.2 Å². The van der Waals surface area contributed by atoms with Crippen LogP contribution in [-0.2, 0) is 23.9 Å². The van der Waals surface area contributed by atoms with Gasteiger partial charge in [0.05, 0.1) is 24.5 Å². The average molecular weight is 556 g/mol. The second kappa shape index (κ2) is 11.1. The molecule has 0 aliphatic carbocycles. The Kier molecular flexibility index (Phi) is 8.86. The molecule has 0 radical (unpaired) electrons. The summed E-state index contributed by atoms with van der Waals surface area (Å²) in [6.45, 7) is 14.3. The highest BCUT2D eigenvalue weighted by molar-refractivity contribution is 9.09. The average Bonchev–Trinajstić information content (AvgIpc) is 3.37. The summed E-state index contributed by atoms with van der Waals surface area (Å²) in [5.41, 5.74) is -1.60. The molecule has 3 saturated heterocycles. The Hall–Kier alpha value is -1.71. The molecular weight excluding hydrogens is 516 g/mol. The minimum atomic E-state index is -1.10. The molecule has 8 nitrogen and oxygen atoms in total. The van der Waals surface area contributed by atoms with Crippen molar-refractivity contribution in [1.82, 2.24) is 9.80 Å². The van der Waals surface area contributed by atoms with E-state index in [1.54, 1.807) is 22.0 Å². The van der Waals surface area contributed by atoms with Gasteiger partial charge in [0.2, 0.25) is 11.8 Å². The Morgan fingerprint density at radius 1 is 1.29 bits per heavy atom. The second-order valence-electron chi connectivity index (χ2n) is 10.6. The first-order chi connectivity index (χ1) is 16.5. The van der Waals surface area contributed by atoms with E-state index in [4.69, 9.17) is 14.6 Å². The molecule has 3 rings (SSSR count). The molecule has 0 aromatic rings. The van der Waals surface area contributed by atoms with Crippen LogP contribution in [0.5, 0.6) is 0 Å². The minimum absolute atomic E-state index is 0.0781. The summed E-state index contributed by atoms with van der Waals surface area (Å²) in [4.78, 5) is 44.4. The number of nitrogens with zero attached hydrogens (tertiary/aromatic N) is 2. The zero-order valence-electron chi connectivity index (χ0n) is 21.1. The van der Waals surface area contributed by atoms with E-state index in [0.29, 0.717) is 38.8 Å². The van der Waals surface area contributed by atoms with Gasteiger partial charge in [-0.1, -0.05) is 28.1 Å². The van der Waals surface area contributed by atoms with E-state index < -0.39 is 41.1 Å². The molecule has 9 heteroatoms. The lowest BCUT2D eigenvalue weighted by atomic mass is 9.70. The second-order valence-corrected chi connectivity index (χ2v) is 11.8. The Balaban J connectivity index is 2.00. The van der Waals surface area contributed by atoms with Crippen LogP contribution in [0.15, 0.2) is 25.3 Å². The third-order valence-electron chi connectivity index (χ3n) is 7.31. The summed E-state index contributed by atoms with van der Waals surface area (Å²) < 4.78 is 12.0. The van der Waals surface area contributed by atoms with Crippen LogP contribution in [0.25, 0.3) is 0 Å². The van der Waals surface area contributed by atoms with Crippen molar-refractivity contribution in [3.05, 3.63) is 25.3 Å². The van der Waals surface area contributed by atoms with Crippen molar-refractivity contribution in [3.8, 4) is 0 Å². The van der Waals surface area contributed by atoms with Gasteiger partial charge in [0.15, 0.2) is 0 Å². The standard InChI is InChI=1S/C26H39BrN2O6/c1-6-8-15-34-24(33)18-19-22(31)28(13-10-9-11-14-30)21(26(19)16-17(27)20(18)35-26)23(32)29(12-7-2)25(3,4)5/h6-7,17-21,30H,1-2,8-16H2,3-5H3/t17?,18-,19+,20-,21?,26?/m1/s1. The van der Waals surface area contributed by atoms with Gasteiger partial charge >= 0.3 is 5.97 Å². The smallest absolute Gasteiger partial charge is 0.312 e. The number of alkyl halides is 1. The van der Waals surface area contributed by atoms with Crippen molar-refractivity contribution in [2.45, 2.75) is 81.0 Å². The fraction of sp³-hybridized carbons (Fsp3) is 0.731. The molecule has 0 aromatic heterocycles. The van der Waals surface area contributed by atoms with Crippen LogP contribution < -0.4 is 0 Å². The largest absolute Gasteiger partial charge is 0.465 e. The minimum Gasteiger partial charge on any atom is -0.465 e. The van der Waals surface area contributed by atoms with Crippen molar-refractivity contribution < 1.29 is 29.0 Å². The van der Waals surface area contributed by atoms with Crippen LogP contribution in [-0.4, -0.2) is 87.1 Å². The number of carbonyl (C=O) groups excluding carboxylic acids is 3. The predicted molar refractivity (Wildman–Crippen MR) is 136 cm³/mol. The molecule has 3 heterocycles. The first-order valence-corrected chi connectivity index (χ1v) is 13.4. The third kappa shape index (κ3) is 5.09. The molecule has 6 atom stereocenters. The number of hydrogen-bond acceptors (Lipinski definition) is 6. The molecule has 1 spiro atoms. The van der Waals surface area contributed by atoms with E-state index in [1.165, 1.54) is 0 Å². The van der Waals surface area contributed by atoms with E-state index in [2.05, 4.69) is 29.1 Å². The number of fused-ring (bicyclic) bond motifs is 1. The highest BCUT2D eigenvalue weighted by Gasteiger charge is 2.77. The number of halogens is 1. The SMILES string of the molecule is C=CCCOC(=O)[C@H]1[C@@H]2OC3(CC2Br)C(C(=O)N(CC=C)C(C)(C)C)N(CCCCCO)C(=O)[C@H]13. The van der Waals surface area contributed by atoms with Gasteiger partial charge in [-0.3, -0.25) is 14.4 Å². The number of aliphatic hydroxyl groups excluding tert-OH is 1. The van der Waals surface area contributed by atoms with Gasteiger partial charge < -0.3 is 24.4 Å². The summed E-state index contributed by atoms with van der Waals surface area (Å²) in [6.07, 6.45) is 5.79. The zero-order chi connectivity index (χ0) is 26.0. The number of amides is 2. The predicted octanol–water partition coefficient (Wildman–Crippen LogP) is 2.83. The van der Waals surface area contributed by atoms with Crippen molar-refractivity contribution in [1.29, 1.82) is 0 Å². The van der Waals surface area contributed by atoms with Crippen molar-refractivity contribution in [2.24, 2.45) is 11.8 Å². The Bertz CT molecular complexity index is 842. The number of likely N-dealkylation sites (tertiary alicyclic amines) is 1. The van der Waals surface area contributed by atoms with Crippen LogP contribution in [0.2, 0.25) is 0 Å². The zero-order valence-corrected chi connectivity index (χ0v) is 22.7. The van der Waals surface area contributed by atoms with Gasteiger partial charge in [-0.25, -0.2) is 0 Å². The highest BCUT2D eigenvalue weighted by atomic mass is 79.9. The Morgan fingerprint density at radius 3 is 2.60 bits per heavy atom. The first kappa shape index (κ1) is 27.9. The van der Waals surface area contributed by atoms with Gasteiger partial charge in [0, 0.05) is 30.1 Å². The molecule has 2 amide bonds. The lowest BCUT2D eigenvalue weighted by Gasteiger charge is -2.42. The molecule has 196 valence electrons. The van der Waals surface area contributed by atoms with Gasteiger partial charge in [0.1, 0.15) is 11.6 Å². The summed E-state index contributed by atoms with van der Waals surface area (Å²) >= 11 is 3.67. The summed E-state index contributed by atoms with van der Waals surface area (Å²) in [5.74, 6) is -2.43. The third-order valence-corrected chi connectivity index (χ3v) is 8.15. The van der Waals surface area contributed by atoms with Crippen molar-refractivity contribution >= 4 is 33.7 Å². The number of ether oxygens (including phenoxy) is 2. The van der Waals surface area contributed by atoms with E-state index in [0.717, 1.165) is 6.42 Å². The molecule has 35 heavy (non-hydrogen) atoms. The maximum atomic E-state index is 14.2. The number of carbonyl (C=O) groups is 3. The van der Waals surface area contributed by atoms with Crippen LogP contribution in [0.4, 0.5) is 0 Å². The Morgan fingerprint density at radius 2 is 2.00 bits per heavy atom. The number of esters is 1. The van der Waals surface area contributed by atoms with Gasteiger partial charge in [-0.05, 0) is 52.9 Å². The lowest BCUT2D eigenvalue weighted by molar-refractivity contribution is -0.155. The van der Waals surface area contributed by atoms with Crippen LogP contribution in [0.3, 0.4) is 0 Å². The van der Waals surface area contributed by atoms with Crippen LogP contribution in [0.1, 0.15) is 52.9 Å². The molecule has 3 unspecified atom stereocenters. The highest BCUT2D eigenvalue weighted by Crippen LogP contribution is 2.60. The van der Waals surface area contributed by atoms with Crippen LogP contribution >= 0.6 is 15.9 Å². The summed E-state index contributed by atoms with van der Waals surface area (Å²) in [7, 11) is 0. The maximum Gasteiger partial charge on any atom is 0.312 e. The van der Waals surface area contributed by atoms with Crippen LogP contribution in [0, 0.1) is 11.8 Å². The summed E-state index contributed by atoms with van der Waals surface area (Å²) in [6, 6.07) is -0.843. The van der Waals surface area contributed by atoms with E-state index in [9.17, 15) is 14.4 Å². The molecule has 0 saturated carbocycles. The Labute approximate surface area is 216 Å². The fourth-order valence-electron chi connectivity index (χ4n) is 5.80. The molecular formula is C26H39BrN2O6. The molecule has 3 fully saturated rings. The molecule has 3 aliphatic heterocycles. The fourth-order valence-corrected chi connectivity index (χ4v) is 6.74. The van der Waals surface area contributed by atoms with E-state index in [1.807, 2.05) is 20.8 Å². The maximum absolute atomic E-state index is 14.2. The van der Waals surface area contributed by atoms with Crippen molar-refractivity contribution in [2.75, 3.05) is 26.3 Å². The topological polar surface area (TPSA) is 96.4 Å². The number of hydrogen-bond donors (Lipinski definition) is 1. The summed E-state index contributed by atoms with van der Waals surface area (Å²) in [5, 5.41) is 9.17. The van der Waals surface area contributed by atoms with E-state index >= 15 is 0 Å². The van der Waals surface area contributed by atoms with Gasteiger partial charge in [-0.2, -0.15) is 0 Å².